The van der Waals surface area contributed by atoms with Crippen LogP contribution in [-0.2, 0) is 6.54 Å². The molecule has 5 heteroatoms. The number of benzene rings is 2. The van der Waals surface area contributed by atoms with Gasteiger partial charge in [0.25, 0.3) is 5.91 Å². The Morgan fingerprint density at radius 1 is 1.23 bits per heavy atom. The average Bonchev–Trinajstić information content (AvgIpc) is 3.10. The van der Waals surface area contributed by atoms with Gasteiger partial charge in [-0.2, -0.15) is 0 Å². The summed E-state index contributed by atoms with van der Waals surface area (Å²) in [6.07, 6.45) is 1.28. The molecule has 1 atom stereocenters. The van der Waals surface area contributed by atoms with Crippen LogP contribution in [0.5, 0.6) is 0 Å². The largest absolute Gasteiger partial charge is 0.322 e. The summed E-state index contributed by atoms with van der Waals surface area (Å²) in [5.41, 5.74) is 2.58. The Morgan fingerprint density at radius 3 is 2.77 bits per heavy atom. The van der Waals surface area contributed by atoms with Crippen molar-refractivity contribution in [2.75, 3.05) is 31.5 Å². The predicted octanol–water partition coefficient (Wildman–Crippen LogP) is 4.02. The average molecular weight is 372 g/mol. The molecule has 1 unspecified atom stereocenters. The minimum absolute atomic E-state index is 0.127. The van der Waals surface area contributed by atoms with Crippen LogP contribution in [0.4, 0.5) is 5.69 Å². The first-order valence-electron chi connectivity index (χ1n) is 9.23. The van der Waals surface area contributed by atoms with Crippen molar-refractivity contribution in [3.63, 3.8) is 0 Å². The summed E-state index contributed by atoms with van der Waals surface area (Å²) in [6, 6.07) is 14.9. The SMILES string of the molecule is CCN1CCC(CNCc2cccc(NC(=O)c3ccc(Cl)cc3)c2)C1. The van der Waals surface area contributed by atoms with E-state index in [0.29, 0.717) is 10.6 Å². The molecule has 0 aromatic heterocycles. The first kappa shape index (κ1) is 18.9. The van der Waals surface area contributed by atoms with E-state index in [1.807, 2.05) is 18.2 Å². The van der Waals surface area contributed by atoms with Crippen molar-refractivity contribution >= 4 is 23.2 Å². The van der Waals surface area contributed by atoms with Crippen molar-refractivity contribution in [3.05, 3.63) is 64.7 Å². The number of nitrogens with one attached hydrogen (secondary N) is 2. The lowest BCUT2D eigenvalue weighted by Crippen LogP contribution is -2.26. The third-order valence-electron chi connectivity index (χ3n) is 4.87. The maximum atomic E-state index is 12.3. The molecular formula is C21H26ClN3O. The van der Waals surface area contributed by atoms with Crippen molar-refractivity contribution in [3.8, 4) is 0 Å². The maximum Gasteiger partial charge on any atom is 0.255 e. The van der Waals surface area contributed by atoms with E-state index in [0.717, 1.165) is 31.2 Å². The fraction of sp³-hybridized carbons (Fsp3) is 0.381. The predicted molar refractivity (Wildman–Crippen MR) is 108 cm³/mol. The van der Waals surface area contributed by atoms with Gasteiger partial charge in [0.2, 0.25) is 0 Å². The fourth-order valence-electron chi connectivity index (χ4n) is 3.35. The lowest BCUT2D eigenvalue weighted by Gasteiger charge is -2.14. The minimum atomic E-state index is -0.127. The van der Waals surface area contributed by atoms with Gasteiger partial charge < -0.3 is 15.5 Å². The molecule has 2 aromatic rings. The molecule has 2 aromatic carbocycles. The third kappa shape index (κ3) is 5.31. The lowest BCUT2D eigenvalue weighted by molar-refractivity contribution is 0.102. The van der Waals surface area contributed by atoms with Crippen LogP contribution >= 0.6 is 11.6 Å². The number of halogens is 1. The summed E-state index contributed by atoms with van der Waals surface area (Å²) in [5, 5.41) is 7.12. The van der Waals surface area contributed by atoms with Gasteiger partial charge in [-0.25, -0.2) is 0 Å². The van der Waals surface area contributed by atoms with Crippen molar-refractivity contribution in [2.45, 2.75) is 19.9 Å². The van der Waals surface area contributed by atoms with Crippen LogP contribution in [0.15, 0.2) is 48.5 Å². The second kappa shape index (κ2) is 9.17. The highest BCUT2D eigenvalue weighted by molar-refractivity contribution is 6.30. The number of anilines is 1. The lowest BCUT2D eigenvalue weighted by atomic mass is 10.1. The Labute approximate surface area is 160 Å². The summed E-state index contributed by atoms with van der Waals surface area (Å²) >= 11 is 5.87. The molecule has 0 radical (unpaired) electrons. The third-order valence-corrected chi connectivity index (χ3v) is 5.12. The summed E-state index contributed by atoms with van der Waals surface area (Å²) in [7, 11) is 0. The van der Waals surface area contributed by atoms with Crippen LogP contribution in [0.1, 0.15) is 29.3 Å². The van der Waals surface area contributed by atoms with Crippen molar-refractivity contribution in [1.82, 2.24) is 10.2 Å². The van der Waals surface area contributed by atoms with Crippen molar-refractivity contribution in [1.29, 1.82) is 0 Å². The number of nitrogens with zero attached hydrogens (tertiary/aromatic N) is 1. The molecule has 138 valence electrons. The van der Waals surface area contributed by atoms with E-state index >= 15 is 0 Å². The molecule has 0 spiro atoms. The molecule has 1 heterocycles. The monoisotopic (exact) mass is 371 g/mol. The van der Waals surface area contributed by atoms with Crippen LogP contribution in [0.25, 0.3) is 0 Å². The van der Waals surface area contributed by atoms with E-state index < -0.39 is 0 Å². The van der Waals surface area contributed by atoms with E-state index in [1.54, 1.807) is 24.3 Å². The molecule has 1 aliphatic heterocycles. The van der Waals surface area contributed by atoms with E-state index in [-0.39, 0.29) is 5.91 Å². The van der Waals surface area contributed by atoms with Crippen LogP contribution in [0.3, 0.4) is 0 Å². The van der Waals surface area contributed by atoms with Crippen LogP contribution in [0, 0.1) is 5.92 Å². The number of rotatable bonds is 7. The van der Waals surface area contributed by atoms with Crippen molar-refractivity contribution < 1.29 is 4.79 Å². The second-order valence-corrected chi connectivity index (χ2v) is 7.28. The normalized spacial score (nSPS) is 17.4. The molecule has 1 amide bonds. The summed E-state index contributed by atoms with van der Waals surface area (Å²) < 4.78 is 0. The zero-order valence-corrected chi connectivity index (χ0v) is 15.9. The smallest absolute Gasteiger partial charge is 0.255 e. The Bertz CT molecular complexity index is 732. The molecule has 4 nitrogen and oxygen atoms in total. The van der Waals surface area contributed by atoms with Gasteiger partial charge in [-0.15, -0.1) is 0 Å². The van der Waals surface area contributed by atoms with Gasteiger partial charge in [0.1, 0.15) is 0 Å². The Balaban J connectivity index is 1.50. The zero-order valence-electron chi connectivity index (χ0n) is 15.2. The van der Waals surface area contributed by atoms with Gasteiger partial charge in [0, 0.05) is 29.4 Å². The fourth-order valence-corrected chi connectivity index (χ4v) is 3.48. The Hall–Kier alpha value is -1.88. The van der Waals surface area contributed by atoms with E-state index in [9.17, 15) is 4.79 Å². The van der Waals surface area contributed by atoms with Gasteiger partial charge >= 0.3 is 0 Å². The van der Waals surface area contributed by atoms with Gasteiger partial charge in [0.15, 0.2) is 0 Å². The Morgan fingerprint density at radius 2 is 2.04 bits per heavy atom. The quantitative estimate of drug-likeness (QED) is 0.772. The maximum absolute atomic E-state index is 12.3. The molecule has 2 N–H and O–H groups in total. The van der Waals surface area contributed by atoms with E-state index in [2.05, 4.69) is 28.5 Å². The van der Waals surface area contributed by atoms with Gasteiger partial charge in [-0.05, 0) is 73.9 Å². The first-order chi connectivity index (χ1) is 12.6. The molecule has 0 aliphatic carbocycles. The van der Waals surface area contributed by atoms with Gasteiger partial charge in [-0.1, -0.05) is 30.7 Å². The molecule has 0 saturated carbocycles. The number of likely N-dealkylation sites (tertiary alicyclic amines) is 1. The number of hydrogen-bond acceptors (Lipinski definition) is 3. The van der Waals surface area contributed by atoms with E-state index in [1.165, 1.54) is 25.1 Å². The Kier molecular flexibility index (Phi) is 6.67. The molecule has 26 heavy (non-hydrogen) atoms. The molecular weight excluding hydrogens is 346 g/mol. The standard InChI is InChI=1S/C21H26ClN3O/c1-2-25-11-10-17(15-25)14-23-13-16-4-3-5-20(12-16)24-21(26)18-6-8-19(22)9-7-18/h3-9,12,17,23H,2,10-11,13-15H2,1H3,(H,24,26). The van der Waals surface area contributed by atoms with Crippen molar-refractivity contribution in [2.24, 2.45) is 5.92 Å². The topological polar surface area (TPSA) is 44.4 Å². The number of amides is 1. The molecule has 3 rings (SSSR count). The zero-order chi connectivity index (χ0) is 18.4. The highest BCUT2D eigenvalue weighted by Gasteiger charge is 2.20. The molecule has 1 fully saturated rings. The first-order valence-corrected chi connectivity index (χ1v) is 9.61. The minimum Gasteiger partial charge on any atom is -0.322 e. The summed E-state index contributed by atoms with van der Waals surface area (Å²) in [4.78, 5) is 14.8. The van der Waals surface area contributed by atoms with Crippen LogP contribution < -0.4 is 10.6 Å². The summed E-state index contributed by atoms with van der Waals surface area (Å²) in [5.74, 6) is 0.611. The number of carbonyl (C=O) groups excluding carboxylic acids is 1. The number of carbonyl (C=O) groups is 1. The highest BCUT2D eigenvalue weighted by atomic mass is 35.5. The molecule has 1 aliphatic rings. The van der Waals surface area contributed by atoms with Gasteiger partial charge in [-0.3, -0.25) is 4.79 Å². The number of hydrogen-bond donors (Lipinski definition) is 2. The van der Waals surface area contributed by atoms with Gasteiger partial charge in [0.05, 0.1) is 0 Å². The van der Waals surface area contributed by atoms with E-state index in [4.69, 9.17) is 11.6 Å². The summed E-state index contributed by atoms with van der Waals surface area (Å²) in [6.45, 7) is 7.63. The highest BCUT2D eigenvalue weighted by Crippen LogP contribution is 2.16. The van der Waals surface area contributed by atoms with Crippen LogP contribution in [-0.4, -0.2) is 37.0 Å². The van der Waals surface area contributed by atoms with Crippen LogP contribution in [0.2, 0.25) is 5.02 Å². The second-order valence-electron chi connectivity index (χ2n) is 6.84. The molecule has 0 bridgehead atoms. The molecule has 1 saturated heterocycles.